The quantitative estimate of drug-likeness (QED) is 0.212. The number of pyridine rings is 1. The number of ether oxygens (including phenoxy) is 3. The molecule has 5 fully saturated rings. The predicted octanol–water partition coefficient (Wildman–Crippen LogP) is 3.25. The van der Waals surface area contributed by atoms with E-state index in [1.54, 1.807) is 19.2 Å². The van der Waals surface area contributed by atoms with E-state index in [4.69, 9.17) is 19.2 Å². The van der Waals surface area contributed by atoms with Crippen molar-refractivity contribution < 1.29 is 39.4 Å². The van der Waals surface area contributed by atoms with Gasteiger partial charge in [-0.1, -0.05) is 13.0 Å². The van der Waals surface area contributed by atoms with E-state index in [9.17, 15) is 25.2 Å². The van der Waals surface area contributed by atoms with Crippen molar-refractivity contribution in [1.29, 1.82) is 0 Å². The van der Waals surface area contributed by atoms with Gasteiger partial charge in [0.05, 0.1) is 36.1 Å². The van der Waals surface area contributed by atoms with E-state index < -0.39 is 41.2 Å². The summed E-state index contributed by atoms with van der Waals surface area (Å²) in [5.41, 5.74) is -1.03. The first-order chi connectivity index (χ1) is 21.5. The summed E-state index contributed by atoms with van der Waals surface area (Å²) in [6, 6.07) is 3.90. The standard InChI is InChI=1S/C35H48N2O8/c1-21-31(40)28(38)15-30(44-21)45-24-5-10-33(20-37-18-22-4-3-13-36-17-22)26-6-9-32(2)25(23-14-29(39)43-19-23)8-12-35(32,42)27(26)7-11-34(33,41)16-24/h3-4,13-14,17,20-21,24-28,30-31,38,40-42H,5-12,15-16,18-19H2,1-2H3/t21-,24+,25+,26+,27+,28+,30-,31-,32-,33+,34-,35-/m0/s1. The van der Waals surface area contributed by atoms with Crippen LogP contribution in [0, 0.1) is 28.6 Å². The predicted molar refractivity (Wildman–Crippen MR) is 164 cm³/mol. The second kappa shape index (κ2) is 11.5. The van der Waals surface area contributed by atoms with Gasteiger partial charge in [0.25, 0.3) is 0 Å². The number of rotatable bonds is 6. The first kappa shape index (κ1) is 31.4. The Bertz CT molecular complexity index is 1330. The van der Waals surface area contributed by atoms with Crippen LogP contribution in [0.5, 0.6) is 0 Å². The maximum atomic E-state index is 12.7. The largest absolute Gasteiger partial charge is 0.458 e. The molecule has 0 amide bonds. The van der Waals surface area contributed by atoms with Gasteiger partial charge in [-0.3, -0.25) is 9.98 Å². The number of carbonyl (C=O) groups is 1. The highest BCUT2D eigenvalue weighted by Gasteiger charge is 2.71. The molecule has 3 heterocycles. The minimum atomic E-state index is -1.09. The van der Waals surface area contributed by atoms with Gasteiger partial charge in [-0.15, -0.1) is 0 Å². The highest BCUT2D eigenvalue weighted by atomic mass is 16.7. The lowest BCUT2D eigenvalue weighted by atomic mass is 9.41. The summed E-state index contributed by atoms with van der Waals surface area (Å²) in [5, 5.41) is 45.9. The molecule has 246 valence electrons. The number of aliphatic hydroxyl groups excluding tert-OH is 2. The topological polar surface area (TPSA) is 151 Å². The van der Waals surface area contributed by atoms with Gasteiger partial charge in [-0.2, -0.15) is 0 Å². The van der Waals surface area contributed by atoms with Crippen LogP contribution in [0.15, 0.2) is 41.2 Å². The number of aliphatic hydroxyl groups is 4. The van der Waals surface area contributed by atoms with Gasteiger partial charge in [-0.05, 0) is 93.2 Å². The van der Waals surface area contributed by atoms with Gasteiger partial charge in [0.2, 0.25) is 0 Å². The van der Waals surface area contributed by atoms with Crippen LogP contribution in [0.25, 0.3) is 0 Å². The SMILES string of the molecule is C[C@@H]1O[C@@H](O[C@@H]2CC[C@@]3(C=NCc4cccnc4)[C@@H]4CC[C@@]5(C)[C@@H](C6=CC(=O)OC6)CC[C@]5(O)[C@@H]4CC[C@]3(O)C2)C[C@@H](O)[C@H]1O. The molecule has 7 rings (SSSR count). The second-order valence-electron chi connectivity index (χ2n) is 15.0. The van der Waals surface area contributed by atoms with E-state index in [2.05, 4.69) is 11.9 Å². The molecule has 1 saturated heterocycles. The molecule has 12 atom stereocenters. The number of hydrogen-bond donors (Lipinski definition) is 4. The van der Waals surface area contributed by atoms with Gasteiger partial charge in [0, 0.05) is 48.4 Å². The highest BCUT2D eigenvalue weighted by Crippen LogP contribution is 2.70. The van der Waals surface area contributed by atoms with Crippen molar-refractivity contribution >= 4 is 12.2 Å². The smallest absolute Gasteiger partial charge is 0.331 e. The number of cyclic esters (lactones) is 1. The lowest BCUT2D eigenvalue weighted by Crippen LogP contribution is -2.69. The van der Waals surface area contributed by atoms with Gasteiger partial charge in [0.15, 0.2) is 6.29 Å². The third-order valence-electron chi connectivity index (χ3n) is 13.0. The number of aliphatic imine (C=N–C) groups is 1. The minimum Gasteiger partial charge on any atom is -0.458 e. The molecule has 10 nitrogen and oxygen atoms in total. The Morgan fingerprint density at radius 2 is 1.93 bits per heavy atom. The fourth-order valence-electron chi connectivity index (χ4n) is 10.6. The maximum Gasteiger partial charge on any atom is 0.331 e. The molecule has 0 spiro atoms. The van der Waals surface area contributed by atoms with Crippen molar-refractivity contribution in [3.63, 3.8) is 0 Å². The van der Waals surface area contributed by atoms with Crippen LogP contribution in [0.4, 0.5) is 0 Å². The van der Waals surface area contributed by atoms with Gasteiger partial charge in [0.1, 0.15) is 12.7 Å². The Labute approximate surface area is 264 Å². The Morgan fingerprint density at radius 3 is 2.67 bits per heavy atom. The van der Waals surface area contributed by atoms with Crippen molar-refractivity contribution in [1.82, 2.24) is 4.98 Å². The van der Waals surface area contributed by atoms with E-state index in [1.165, 1.54) is 0 Å². The fraction of sp³-hybridized carbons (Fsp3) is 0.743. The molecule has 0 unspecified atom stereocenters. The lowest BCUT2D eigenvalue weighted by Gasteiger charge is -2.66. The maximum absolute atomic E-state index is 12.7. The molecule has 2 aliphatic heterocycles. The van der Waals surface area contributed by atoms with Crippen LogP contribution in [0.3, 0.4) is 0 Å². The number of nitrogens with zero attached hydrogens (tertiary/aromatic N) is 2. The highest BCUT2D eigenvalue weighted by molar-refractivity contribution is 5.85. The van der Waals surface area contributed by atoms with Gasteiger partial charge >= 0.3 is 5.97 Å². The monoisotopic (exact) mass is 624 g/mol. The zero-order valence-corrected chi connectivity index (χ0v) is 26.4. The van der Waals surface area contributed by atoms with E-state index in [-0.39, 0.29) is 41.7 Å². The van der Waals surface area contributed by atoms with Crippen molar-refractivity contribution in [2.75, 3.05) is 6.61 Å². The molecule has 4 saturated carbocycles. The molecule has 0 aromatic carbocycles. The van der Waals surface area contributed by atoms with Crippen LogP contribution in [-0.4, -0.2) is 86.1 Å². The summed E-state index contributed by atoms with van der Waals surface area (Å²) in [6.07, 6.45) is 10.2. The zero-order chi connectivity index (χ0) is 31.6. The molecule has 10 heteroatoms. The van der Waals surface area contributed by atoms with Crippen molar-refractivity contribution in [3.05, 3.63) is 41.7 Å². The van der Waals surface area contributed by atoms with Crippen LogP contribution in [-0.2, 0) is 25.5 Å². The molecule has 0 bridgehead atoms. The summed E-state index contributed by atoms with van der Waals surface area (Å²) in [5.74, 6) is -0.171. The van der Waals surface area contributed by atoms with E-state index >= 15 is 0 Å². The summed E-state index contributed by atoms with van der Waals surface area (Å²) >= 11 is 0. The van der Waals surface area contributed by atoms with Crippen molar-refractivity contribution in [3.8, 4) is 0 Å². The molecule has 45 heavy (non-hydrogen) atoms. The van der Waals surface area contributed by atoms with Crippen LogP contribution in [0.1, 0.15) is 83.6 Å². The van der Waals surface area contributed by atoms with E-state index in [0.717, 1.165) is 30.4 Å². The normalized spacial score (nSPS) is 48.0. The number of aromatic nitrogens is 1. The Kier molecular flexibility index (Phi) is 8.02. The summed E-state index contributed by atoms with van der Waals surface area (Å²) < 4.78 is 17.5. The van der Waals surface area contributed by atoms with Gasteiger partial charge in [-0.25, -0.2) is 4.79 Å². The molecular formula is C35H48N2O8. The molecular weight excluding hydrogens is 576 g/mol. The van der Waals surface area contributed by atoms with Crippen molar-refractivity contribution in [2.45, 2.75) is 127 Å². The number of hydrogen-bond acceptors (Lipinski definition) is 10. The number of fused-ring (bicyclic) bond motifs is 5. The first-order valence-electron chi connectivity index (χ1n) is 16.9. The molecule has 1 aromatic rings. The second-order valence-corrected chi connectivity index (χ2v) is 15.0. The summed E-state index contributed by atoms with van der Waals surface area (Å²) in [7, 11) is 0. The molecule has 1 aromatic heterocycles. The third-order valence-corrected chi connectivity index (χ3v) is 13.0. The van der Waals surface area contributed by atoms with Crippen LogP contribution >= 0.6 is 0 Å². The summed E-state index contributed by atoms with van der Waals surface area (Å²) in [6.45, 7) is 4.71. The molecule has 6 aliphatic rings. The van der Waals surface area contributed by atoms with E-state index in [1.807, 2.05) is 24.5 Å². The lowest BCUT2D eigenvalue weighted by molar-refractivity contribution is -0.282. The third kappa shape index (κ3) is 5.02. The zero-order valence-electron chi connectivity index (χ0n) is 26.4. The average Bonchev–Trinajstić information content (AvgIpc) is 3.56. The van der Waals surface area contributed by atoms with Gasteiger partial charge < -0.3 is 34.6 Å². The minimum absolute atomic E-state index is 0.0124. The molecule has 4 aliphatic carbocycles. The number of carbonyl (C=O) groups excluding carboxylic acids is 1. The average molecular weight is 625 g/mol. The van der Waals surface area contributed by atoms with E-state index in [0.29, 0.717) is 51.7 Å². The Hall–Kier alpha value is -2.21. The Morgan fingerprint density at radius 1 is 1.11 bits per heavy atom. The summed E-state index contributed by atoms with van der Waals surface area (Å²) in [4.78, 5) is 21.2. The van der Waals surface area contributed by atoms with Crippen LogP contribution < -0.4 is 0 Å². The van der Waals surface area contributed by atoms with Crippen LogP contribution in [0.2, 0.25) is 0 Å². The molecule has 4 N–H and O–H groups in total. The number of esters is 1. The fourth-order valence-corrected chi connectivity index (χ4v) is 10.6. The Balaban J connectivity index is 1.17. The molecule has 0 radical (unpaired) electrons. The van der Waals surface area contributed by atoms with Crippen molar-refractivity contribution in [2.24, 2.45) is 33.6 Å². The first-order valence-corrected chi connectivity index (χ1v) is 16.9.